The standard InChI is InChI=1S/C12H16N2O3/c13-10-7-12-11(15-4-5-16-12)6-9(10)8-14-2-1-3-17-14/h6-7H,1-5,8,13H2. The number of hydrogen-bond donors (Lipinski definition) is 1. The van der Waals surface area contributed by atoms with Crippen LogP contribution in [0.2, 0.25) is 0 Å². The molecule has 0 bridgehead atoms. The van der Waals surface area contributed by atoms with E-state index in [1.165, 1.54) is 0 Å². The quantitative estimate of drug-likeness (QED) is 0.781. The van der Waals surface area contributed by atoms with E-state index >= 15 is 0 Å². The van der Waals surface area contributed by atoms with Gasteiger partial charge in [0, 0.05) is 18.3 Å². The first-order chi connectivity index (χ1) is 8.33. The molecule has 1 aromatic rings. The molecule has 0 spiro atoms. The van der Waals surface area contributed by atoms with E-state index in [-0.39, 0.29) is 0 Å². The third-order valence-electron chi connectivity index (χ3n) is 2.98. The van der Waals surface area contributed by atoms with E-state index < -0.39 is 0 Å². The first kappa shape index (κ1) is 10.7. The SMILES string of the molecule is Nc1cc2c(cc1CN1CCCO1)OCCO2. The van der Waals surface area contributed by atoms with Crippen LogP contribution in [0, 0.1) is 0 Å². The van der Waals surface area contributed by atoms with Gasteiger partial charge >= 0.3 is 0 Å². The maximum Gasteiger partial charge on any atom is 0.163 e. The minimum atomic E-state index is 0.584. The first-order valence-corrected chi connectivity index (χ1v) is 5.89. The lowest BCUT2D eigenvalue weighted by Crippen LogP contribution is -2.19. The number of nitrogen functional groups attached to an aromatic ring is 1. The van der Waals surface area contributed by atoms with Crippen molar-refractivity contribution in [3.8, 4) is 11.5 Å². The third kappa shape index (κ3) is 2.16. The fourth-order valence-electron chi connectivity index (χ4n) is 2.10. The summed E-state index contributed by atoms with van der Waals surface area (Å²) in [5.41, 5.74) is 7.76. The van der Waals surface area contributed by atoms with Gasteiger partial charge in [-0.05, 0) is 18.1 Å². The third-order valence-corrected chi connectivity index (χ3v) is 2.98. The first-order valence-electron chi connectivity index (χ1n) is 5.89. The summed E-state index contributed by atoms with van der Waals surface area (Å²) >= 11 is 0. The minimum Gasteiger partial charge on any atom is -0.486 e. The van der Waals surface area contributed by atoms with Crippen LogP contribution in [0.25, 0.3) is 0 Å². The largest absolute Gasteiger partial charge is 0.486 e. The molecule has 0 amide bonds. The predicted molar refractivity (Wildman–Crippen MR) is 62.8 cm³/mol. The van der Waals surface area contributed by atoms with Crippen LogP contribution in [0.3, 0.4) is 0 Å². The monoisotopic (exact) mass is 236 g/mol. The van der Waals surface area contributed by atoms with Crippen LogP contribution in [0.15, 0.2) is 12.1 Å². The van der Waals surface area contributed by atoms with Gasteiger partial charge in [0.2, 0.25) is 0 Å². The zero-order valence-corrected chi connectivity index (χ0v) is 9.65. The summed E-state index contributed by atoms with van der Waals surface area (Å²) < 4.78 is 11.0. The Morgan fingerprint density at radius 1 is 1.12 bits per heavy atom. The Labute approximate surface area is 100 Å². The minimum absolute atomic E-state index is 0.584. The predicted octanol–water partition coefficient (Wildman–Crippen LogP) is 1.18. The second kappa shape index (κ2) is 4.43. The molecule has 2 aliphatic heterocycles. The number of nitrogens with two attached hydrogens (primary N) is 1. The Morgan fingerprint density at radius 3 is 2.59 bits per heavy atom. The van der Waals surface area contributed by atoms with Gasteiger partial charge in [-0.1, -0.05) is 0 Å². The van der Waals surface area contributed by atoms with Crippen LogP contribution in [0.5, 0.6) is 11.5 Å². The van der Waals surface area contributed by atoms with Gasteiger partial charge in [-0.2, -0.15) is 5.06 Å². The molecule has 0 saturated carbocycles. The fourth-order valence-corrected chi connectivity index (χ4v) is 2.10. The molecule has 17 heavy (non-hydrogen) atoms. The number of rotatable bonds is 2. The van der Waals surface area contributed by atoms with Crippen molar-refractivity contribution in [2.75, 3.05) is 32.1 Å². The van der Waals surface area contributed by atoms with E-state index in [1.807, 2.05) is 17.2 Å². The van der Waals surface area contributed by atoms with Gasteiger partial charge in [-0.25, -0.2) is 0 Å². The highest BCUT2D eigenvalue weighted by Gasteiger charge is 2.18. The Bertz CT molecular complexity index is 416. The molecule has 0 aromatic heterocycles. The van der Waals surface area contributed by atoms with E-state index in [4.69, 9.17) is 20.0 Å². The summed E-state index contributed by atoms with van der Waals surface area (Å²) in [5, 5.41) is 1.93. The van der Waals surface area contributed by atoms with Crippen LogP contribution in [0.4, 0.5) is 5.69 Å². The maximum atomic E-state index is 6.00. The summed E-state index contributed by atoms with van der Waals surface area (Å²) in [6.07, 6.45) is 1.07. The molecule has 2 heterocycles. The zero-order valence-electron chi connectivity index (χ0n) is 9.65. The Hall–Kier alpha value is -1.46. The Kier molecular flexibility index (Phi) is 2.78. The highest BCUT2D eigenvalue weighted by atomic mass is 16.7. The number of nitrogens with zero attached hydrogens (tertiary/aromatic N) is 1. The van der Waals surface area contributed by atoms with E-state index in [0.717, 1.165) is 42.3 Å². The van der Waals surface area contributed by atoms with Crippen molar-refractivity contribution < 1.29 is 14.3 Å². The summed E-state index contributed by atoms with van der Waals surface area (Å²) in [5.74, 6) is 1.51. The van der Waals surface area contributed by atoms with Gasteiger partial charge < -0.3 is 15.2 Å². The molecule has 1 aromatic carbocycles. The summed E-state index contributed by atoms with van der Waals surface area (Å²) in [6.45, 7) is 3.62. The molecule has 0 aliphatic carbocycles. The van der Waals surface area contributed by atoms with Crippen molar-refractivity contribution in [1.29, 1.82) is 0 Å². The van der Waals surface area contributed by atoms with Crippen molar-refractivity contribution in [2.24, 2.45) is 0 Å². The lowest BCUT2D eigenvalue weighted by atomic mass is 10.1. The van der Waals surface area contributed by atoms with Gasteiger partial charge in [-0.3, -0.25) is 4.84 Å². The molecular formula is C12H16N2O3. The maximum absolute atomic E-state index is 6.00. The van der Waals surface area contributed by atoms with Gasteiger partial charge in [0.25, 0.3) is 0 Å². The molecule has 1 saturated heterocycles. The van der Waals surface area contributed by atoms with Gasteiger partial charge in [0.15, 0.2) is 11.5 Å². The number of ether oxygens (including phenoxy) is 2. The van der Waals surface area contributed by atoms with E-state index in [0.29, 0.717) is 19.8 Å². The molecular weight excluding hydrogens is 220 g/mol. The number of benzene rings is 1. The van der Waals surface area contributed by atoms with Crippen LogP contribution >= 0.6 is 0 Å². The molecule has 5 nitrogen and oxygen atoms in total. The van der Waals surface area contributed by atoms with Gasteiger partial charge in [0.1, 0.15) is 13.2 Å². The number of hydroxylamine groups is 2. The van der Waals surface area contributed by atoms with Crippen molar-refractivity contribution in [1.82, 2.24) is 5.06 Å². The van der Waals surface area contributed by atoms with Crippen LogP contribution in [0.1, 0.15) is 12.0 Å². The summed E-state index contributed by atoms with van der Waals surface area (Å²) in [7, 11) is 0. The van der Waals surface area contributed by atoms with Crippen molar-refractivity contribution >= 4 is 5.69 Å². The number of fused-ring (bicyclic) bond motifs is 1. The van der Waals surface area contributed by atoms with E-state index in [2.05, 4.69) is 0 Å². The molecule has 0 unspecified atom stereocenters. The molecule has 0 radical (unpaired) electrons. The topological polar surface area (TPSA) is 57.0 Å². The fraction of sp³-hybridized carbons (Fsp3) is 0.500. The summed E-state index contributed by atoms with van der Waals surface area (Å²) in [4.78, 5) is 5.46. The molecule has 3 rings (SSSR count). The summed E-state index contributed by atoms with van der Waals surface area (Å²) in [6, 6.07) is 3.78. The van der Waals surface area contributed by atoms with Crippen LogP contribution < -0.4 is 15.2 Å². The van der Waals surface area contributed by atoms with Gasteiger partial charge in [-0.15, -0.1) is 0 Å². The van der Waals surface area contributed by atoms with Crippen molar-refractivity contribution in [3.05, 3.63) is 17.7 Å². The molecule has 0 atom stereocenters. The smallest absolute Gasteiger partial charge is 0.163 e. The zero-order chi connectivity index (χ0) is 11.7. The van der Waals surface area contributed by atoms with E-state index in [1.54, 1.807) is 0 Å². The normalized spacial score (nSPS) is 19.5. The lowest BCUT2D eigenvalue weighted by Gasteiger charge is -2.21. The molecule has 2 aliphatic rings. The number of hydrogen-bond acceptors (Lipinski definition) is 5. The van der Waals surface area contributed by atoms with E-state index in [9.17, 15) is 0 Å². The Balaban J connectivity index is 1.83. The second-order valence-electron chi connectivity index (χ2n) is 4.24. The molecule has 5 heteroatoms. The highest BCUT2D eigenvalue weighted by Crippen LogP contribution is 2.35. The van der Waals surface area contributed by atoms with Gasteiger partial charge in [0.05, 0.1) is 13.2 Å². The van der Waals surface area contributed by atoms with Crippen LogP contribution in [-0.4, -0.2) is 31.4 Å². The van der Waals surface area contributed by atoms with Crippen molar-refractivity contribution in [2.45, 2.75) is 13.0 Å². The van der Waals surface area contributed by atoms with Crippen LogP contribution in [-0.2, 0) is 11.4 Å². The average Bonchev–Trinajstić information content (AvgIpc) is 2.83. The van der Waals surface area contributed by atoms with Crippen molar-refractivity contribution in [3.63, 3.8) is 0 Å². The Morgan fingerprint density at radius 2 is 1.88 bits per heavy atom. The second-order valence-corrected chi connectivity index (χ2v) is 4.24. The number of anilines is 1. The molecule has 92 valence electrons. The lowest BCUT2D eigenvalue weighted by molar-refractivity contribution is -0.117. The molecule has 1 fully saturated rings. The average molecular weight is 236 g/mol. The highest BCUT2D eigenvalue weighted by molar-refractivity contribution is 5.58. The molecule has 2 N–H and O–H groups in total.